The highest BCUT2D eigenvalue weighted by atomic mass is 16.5. The van der Waals surface area contributed by atoms with Gasteiger partial charge in [-0.25, -0.2) is 0 Å². The normalized spacial score (nSPS) is 26.4. The lowest BCUT2D eigenvalue weighted by atomic mass is 10.2. The average molecular weight is 264 g/mol. The number of hydrogen-bond acceptors (Lipinski definition) is 4. The zero-order valence-electron chi connectivity index (χ0n) is 10.5. The van der Waals surface area contributed by atoms with Crippen molar-refractivity contribution in [1.29, 1.82) is 0 Å². The van der Waals surface area contributed by atoms with Crippen LogP contribution >= 0.6 is 0 Å². The molecule has 2 amide bonds. The minimum atomic E-state index is -0.425. The van der Waals surface area contributed by atoms with E-state index in [1.165, 1.54) is 0 Å². The Kier molecular flexibility index (Phi) is 3.20. The minimum absolute atomic E-state index is 0.0704. The van der Waals surface area contributed by atoms with E-state index in [-0.39, 0.29) is 17.9 Å². The number of amides is 2. The van der Waals surface area contributed by atoms with Gasteiger partial charge in [0.15, 0.2) is 0 Å². The molecule has 19 heavy (non-hydrogen) atoms. The van der Waals surface area contributed by atoms with Crippen molar-refractivity contribution >= 4 is 17.5 Å². The summed E-state index contributed by atoms with van der Waals surface area (Å²) >= 11 is 0. The van der Waals surface area contributed by atoms with Crippen molar-refractivity contribution < 1.29 is 14.3 Å². The smallest absolute Gasteiger partial charge is 0.247 e. The van der Waals surface area contributed by atoms with E-state index in [0.29, 0.717) is 25.1 Å². The van der Waals surface area contributed by atoms with E-state index < -0.39 is 6.04 Å². The third-order valence-electron chi connectivity index (χ3n) is 3.46. The summed E-state index contributed by atoms with van der Waals surface area (Å²) < 4.78 is 7.11. The lowest BCUT2D eigenvalue weighted by molar-refractivity contribution is -0.122. The van der Waals surface area contributed by atoms with Crippen molar-refractivity contribution in [3.05, 3.63) is 12.4 Å². The average Bonchev–Trinajstić information content (AvgIpc) is 3.07. The summed E-state index contributed by atoms with van der Waals surface area (Å²) in [5, 5.41) is 9.64. The molecule has 3 heterocycles. The Morgan fingerprint density at radius 3 is 3.11 bits per heavy atom. The van der Waals surface area contributed by atoms with Crippen molar-refractivity contribution in [3.63, 3.8) is 0 Å². The van der Waals surface area contributed by atoms with E-state index in [9.17, 15) is 9.59 Å². The molecule has 0 unspecified atom stereocenters. The van der Waals surface area contributed by atoms with Crippen LogP contribution < -0.4 is 10.6 Å². The molecule has 2 saturated heterocycles. The molecule has 2 atom stereocenters. The van der Waals surface area contributed by atoms with Crippen LogP contribution in [0.1, 0.15) is 25.3 Å². The van der Waals surface area contributed by atoms with Gasteiger partial charge in [-0.15, -0.1) is 0 Å². The number of aromatic nitrogens is 2. The Labute approximate surface area is 110 Å². The number of nitrogens with zero attached hydrogens (tertiary/aromatic N) is 2. The second-order valence-electron chi connectivity index (χ2n) is 4.87. The van der Waals surface area contributed by atoms with E-state index >= 15 is 0 Å². The Morgan fingerprint density at radius 1 is 1.53 bits per heavy atom. The second-order valence-corrected chi connectivity index (χ2v) is 4.87. The van der Waals surface area contributed by atoms with Crippen molar-refractivity contribution in [3.8, 4) is 0 Å². The molecule has 2 fully saturated rings. The predicted octanol–water partition coefficient (Wildman–Crippen LogP) is 0.0616. The number of hydrogen-bond donors (Lipinski definition) is 2. The highest BCUT2D eigenvalue weighted by Gasteiger charge is 2.27. The molecule has 0 saturated carbocycles. The number of ether oxygens (including phenoxy) is 1. The number of carbonyl (C=O) groups is 2. The van der Waals surface area contributed by atoms with Crippen LogP contribution in [0.5, 0.6) is 0 Å². The molecular weight excluding hydrogens is 248 g/mol. The third kappa shape index (κ3) is 2.60. The van der Waals surface area contributed by atoms with Gasteiger partial charge in [0, 0.05) is 19.2 Å². The molecule has 0 aliphatic carbocycles. The zero-order chi connectivity index (χ0) is 13.2. The molecule has 0 spiro atoms. The summed E-state index contributed by atoms with van der Waals surface area (Å²) in [5.74, 6) is -0.257. The first kappa shape index (κ1) is 12.2. The van der Waals surface area contributed by atoms with Crippen LogP contribution in [0.3, 0.4) is 0 Å². The number of anilines is 1. The Bertz CT molecular complexity index is 493. The van der Waals surface area contributed by atoms with Gasteiger partial charge in [0.1, 0.15) is 6.04 Å². The van der Waals surface area contributed by atoms with E-state index in [0.717, 1.165) is 13.0 Å². The molecule has 0 bridgehead atoms. The van der Waals surface area contributed by atoms with Gasteiger partial charge < -0.3 is 15.4 Å². The van der Waals surface area contributed by atoms with Gasteiger partial charge in [-0.05, 0) is 12.8 Å². The summed E-state index contributed by atoms with van der Waals surface area (Å²) in [4.78, 5) is 23.0. The monoisotopic (exact) mass is 264 g/mol. The molecule has 7 nitrogen and oxygen atoms in total. The lowest BCUT2D eigenvalue weighted by Gasteiger charge is -2.09. The Balaban J connectivity index is 1.60. The molecule has 3 rings (SSSR count). The summed E-state index contributed by atoms with van der Waals surface area (Å²) in [7, 11) is 0. The molecule has 1 aromatic rings. The van der Waals surface area contributed by atoms with Crippen molar-refractivity contribution in [2.24, 2.45) is 0 Å². The van der Waals surface area contributed by atoms with Crippen LogP contribution in [0.2, 0.25) is 0 Å². The molecule has 2 N–H and O–H groups in total. The molecule has 2 aliphatic rings. The summed E-state index contributed by atoms with van der Waals surface area (Å²) in [5.41, 5.74) is 0.651. The van der Waals surface area contributed by atoms with Gasteiger partial charge in [-0.3, -0.25) is 14.3 Å². The molecule has 7 heteroatoms. The number of nitrogens with one attached hydrogen (secondary N) is 2. The first-order valence-corrected chi connectivity index (χ1v) is 6.44. The van der Waals surface area contributed by atoms with Gasteiger partial charge in [0.05, 0.1) is 24.5 Å². The van der Waals surface area contributed by atoms with Gasteiger partial charge in [0.25, 0.3) is 0 Å². The quantitative estimate of drug-likeness (QED) is 0.808. The van der Waals surface area contributed by atoms with E-state index in [1.54, 1.807) is 12.4 Å². The van der Waals surface area contributed by atoms with Crippen LogP contribution in [0.25, 0.3) is 0 Å². The number of carbonyl (C=O) groups excluding carboxylic acids is 2. The van der Waals surface area contributed by atoms with E-state index in [4.69, 9.17) is 4.74 Å². The predicted molar refractivity (Wildman–Crippen MR) is 66.5 cm³/mol. The van der Waals surface area contributed by atoms with E-state index in [1.807, 2.05) is 4.68 Å². The molecular formula is C12H16N4O3. The third-order valence-corrected chi connectivity index (χ3v) is 3.46. The lowest BCUT2D eigenvalue weighted by Crippen LogP contribution is -2.37. The van der Waals surface area contributed by atoms with Crippen LogP contribution in [0.4, 0.5) is 5.69 Å². The fourth-order valence-electron chi connectivity index (χ4n) is 2.37. The molecule has 0 aromatic carbocycles. The zero-order valence-corrected chi connectivity index (χ0v) is 10.5. The minimum Gasteiger partial charge on any atom is -0.379 e. The summed E-state index contributed by atoms with van der Waals surface area (Å²) in [6.07, 6.45) is 5.32. The maximum atomic E-state index is 11.9. The molecule has 102 valence electrons. The van der Waals surface area contributed by atoms with Crippen molar-refractivity contribution in [2.75, 3.05) is 18.5 Å². The highest BCUT2D eigenvalue weighted by Crippen LogP contribution is 2.20. The SMILES string of the molecule is O=C1CC[C@@H](C(=O)Nc2cnn([C@H]3CCOC3)c2)N1. The fourth-order valence-corrected chi connectivity index (χ4v) is 2.37. The second kappa shape index (κ2) is 5.00. The van der Waals surface area contributed by atoms with Gasteiger partial charge >= 0.3 is 0 Å². The fraction of sp³-hybridized carbons (Fsp3) is 0.583. The Morgan fingerprint density at radius 2 is 2.42 bits per heavy atom. The standard InChI is InChI=1S/C12H16N4O3/c17-11-2-1-10(15-11)12(18)14-8-5-13-16(6-8)9-3-4-19-7-9/h5-6,9-10H,1-4,7H2,(H,14,18)(H,15,17)/t9-,10-/m0/s1. The van der Waals surface area contributed by atoms with E-state index in [2.05, 4.69) is 15.7 Å². The topological polar surface area (TPSA) is 85.2 Å². The maximum Gasteiger partial charge on any atom is 0.247 e. The summed E-state index contributed by atoms with van der Waals surface area (Å²) in [6.45, 7) is 1.41. The molecule has 1 aromatic heterocycles. The van der Waals surface area contributed by atoms with Crippen LogP contribution in [0, 0.1) is 0 Å². The van der Waals surface area contributed by atoms with Gasteiger partial charge in [-0.1, -0.05) is 0 Å². The van der Waals surface area contributed by atoms with Crippen molar-refractivity contribution in [2.45, 2.75) is 31.3 Å². The van der Waals surface area contributed by atoms with Crippen molar-refractivity contribution in [1.82, 2.24) is 15.1 Å². The first-order chi connectivity index (χ1) is 9.22. The van der Waals surface area contributed by atoms with Crippen LogP contribution in [-0.2, 0) is 14.3 Å². The largest absolute Gasteiger partial charge is 0.379 e. The summed E-state index contributed by atoms with van der Waals surface area (Å²) in [6, 6.07) is -0.178. The van der Waals surface area contributed by atoms with Crippen LogP contribution in [0.15, 0.2) is 12.4 Å². The number of rotatable bonds is 3. The molecule has 2 aliphatic heterocycles. The van der Waals surface area contributed by atoms with Crippen LogP contribution in [-0.4, -0.2) is 40.9 Å². The molecule has 0 radical (unpaired) electrons. The first-order valence-electron chi connectivity index (χ1n) is 6.44. The maximum absolute atomic E-state index is 11.9. The Hall–Kier alpha value is -1.89. The van der Waals surface area contributed by atoms with Gasteiger partial charge in [0.2, 0.25) is 11.8 Å². The van der Waals surface area contributed by atoms with Gasteiger partial charge in [-0.2, -0.15) is 5.10 Å². The highest BCUT2D eigenvalue weighted by molar-refractivity contribution is 5.98.